The first kappa shape index (κ1) is 22.5. The van der Waals surface area contributed by atoms with Crippen LogP contribution in [-0.2, 0) is 24.1 Å². The van der Waals surface area contributed by atoms with Gasteiger partial charge in [-0.3, -0.25) is 4.90 Å². The van der Waals surface area contributed by atoms with Crippen LogP contribution >= 0.6 is 11.6 Å². The van der Waals surface area contributed by atoms with Crippen LogP contribution in [0.25, 0.3) is 22.6 Å². The molecule has 6 rings (SSSR count). The van der Waals surface area contributed by atoms with E-state index in [1.165, 1.54) is 22.3 Å². The van der Waals surface area contributed by atoms with E-state index in [9.17, 15) is 0 Å². The summed E-state index contributed by atoms with van der Waals surface area (Å²) < 4.78 is 5.58. The largest absolute Gasteiger partial charge is 0.381 e. The highest BCUT2D eigenvalue weighted by atomic mass is 35.5. The summed E-state index contributed by atoms with van der Waals surface area (Å²) in [4.78, 5) is 10.7. The van der Waals surface area contributed by atoms with Gasteiger partial charge in [0.25, 0.3) is 0 Å². The molecule has 0 bridgehead atoms. The molecule has 1 saturated heterocycles. The van der Waals surface area contributed by atoms with Crippen molar-refractivity contribution in [3.63, 3.8) is 0 Å². The number of hydrogen-bond acceptors (Lipinski definition) is 3. The van der Waals surface area contributed by atoms with E-state index in [0.29, 0.717) is 11.1 Å². The molecule has 2 aliphatic rings. The van der Waals surface area contributed by atoms with Gasteiger partial charge in [-0.2, -0.15) is 0 Å². The Balaban J connectivity index is 1.21. The Bertz CT molecular complexity index is 1310. The van der Waals surface area contributed by atoms with Crippen LogP contribution in [-0.4, -0.2) is 40.7 Å². The number of imidazole rings is 1. The number of aromatic amines is 1. The Kier molecular flexibility index (Phi) is 6.43. The molecule has 0 atom stereocenters. The molecule has 0 spiro atoms. The van der Waals surface area contributed by atoms with E-state index in [0.717, 1.165) is 74.6 Å². The van der Waals surface area contributed by atoms with Crippen LogP contribution in [0.3, 0.4) is 0 Å². The van der Waals surface area contributed by atoms with Crippen LogP contribution in [0, 0.1) is 0 Å². The Morgan fingerprint density at radius 1 is 0.943 bits per heavy atom. The van der Waals surface area contributed by atoms with E-state index in [1.54, 1.807) is 0 Å². The van der Waals surface area contributed by atoms with Crippen molar-refractivity contribution in [2.45, 2.75) is 38.3 Å². The third-order valence-electron chi connectivity index (χ3n) is 7.37. The SMILES string of the molecule is Clc1ccc(Cc2ccc3c(c2)CN(C2CCOCC2)CC3)cc1-c1ncc(-c2ccccc2)[nH]1. The second kappa shape index (κ2) is 9.98. The predicted octanol–water partition coefficient (Wildman–Crippen LogP) is 6.53. The van der Waals surface area contributed by atoms with Crippen LogP contribution in [0.2, 0.25) is 5.02 Å². The fraction of sp³-hybridized carbons (Fsp3) is 0.300. The normalized spacial score (nSPS) is 16.8. The second-order valence-corrected chi connectivity index (χ2v) is 10.1. The van der Waals surface area contributed by atoms with Gasteiger partial charge in [0.15, 0.2) is 0 Å². The Morgan fingerprint density at radius 3 is 2.60 bits per heavy atom. The van der Waals surface area contributed by atoms with Gasteiger partial charge in [0.2, 0.25) is 0 Å². The highest BCUT2D eigenvalue weighted by molar-refractivity contribution is 6.33. The maximum absolute atomic E-state index is 6.60. The van der Waals surface area contributed by atoms with Crippen molar-refractivity contribution in [3.05, 3.63) is 100 Å². The molecule has 2 aliphatic heterocycles. The Labute approximate surface area is 211 Å². The van der Waals surface area contributed by atoms with Crippen LogP contribution in [0.5, 0.6) is 0 Å². The first-order valence-electron chi connectivity index (χ1n) is 12.5. The summed E-state index contributed by atoms with van der Waals surface area (Å²) in [7, 11) is 0. The summed E-state index contributed by atoms with van der Waals surface area (Å²) in [6, 6.07) is 24.2. The van der Waals surface area contributed by atoms with Gasteiger partial charge >= 0.3 is 0 Å². The zero-order valence-corrected chi connectivity index (χ0v) is 20.6. The molecule has 0 aliphatic carbocycles. The minimum Gasteiger partial charge on any atom is -0.381 e. The number of H-pyrrole nitrogens is 1. The summed E-state index contributed by atoms with van der Waals surface area (Å²) in [5, 5.41) is 0.709. The fourth-order valence-electron chi connectivity index (χ4n) is 5.43. The summed E-state index contributed by atoms with van der Waals surface area (Å²) in [5.74, 6) is 0.799. The number of rotatable bonds is 5. The lowest BCUT2D eigenvalue weighted by molar-refractivity contribution is 0.0290. The zero-order chi connectivity index (χ0) is 23.6. The van der Waals surface area contributed by atoms with Crippen molar-refractivity contribution in [1.29, 1.82) is 0 Å². The lowest BCUT2D eigenvalue weighted by Crippen LogP contribution is -2.42. The number of fused-ring (bicyclic) bond motifs is 1. The maximum atomic E-state index is 6.60. The van der Waals surface area contributed by atoms with Gasteiger partial charge in [-0.05, 0) is 65.6 Å². The van der Waals surface area contributed by atoms with E-state index < -0.39 is 0 Å². The van der Waals surface area contributed by atoms with Gasteiger partial charge in [0, 0.05) is 37.9 Å². The van der Waals surface area contributed by atoms with Crippen molar-refractivity contribution in [3.8, 4) is 22.6 Å². The first-order valence-corrected chi connectivity index (χ1v) is 12.9. The summed E-state index contributed by atoms with van der Waals surface area (Å²) in [6.07, 6.45) is 6.20. The van der Waals surface area contributed by atoms with Gasteiger partial charge in [0.05, 0.1) is 16.9 Å². The molecule has 4 nitrogen and oxygen atoms in total. The number of ether oxygens (including phenoxy) is 1. The van der Waals surface area contributed by atoms with Crippen LogP contribution in [0.4, 0.5) is 0 Å². The molecule has 0 saturated carbocycles. The summed E-state index contributed by atoms with van der Waals surface area (Å²) in [5.41, 5.74) is 8.60. The molecule has 3 heterocycles. The third kappa shape index (κ3) is 4.92. The molecule has 178 valence electrons. The van der Waals surface area contributed by atoms with E-state index in [4.69, 9.17) is 16.3 Å². The molecule has 35 heavy (non-hydrogen) atoms. The van der Waals surface area contributed by atoms with Gasteiger partial charge in [-0.15, -0.1) is 0 Å². The lowest BCUT2D eigenvalue weighted by atomic mass is 9.93. The van der Waals surface area contributed by atoms with Crippen molar-refractivity contribution in [2.24, 2.45) is 0 Å². The average Bonchev–Trinajstić information content (AvgIpc) is 3.41. The Hall–Kier alpha value is -2.92. The molecule has 1 fully saturated rings. The first-order chi connectivity index (χ1) is 17.2. The molecule has 3 aromatic carbocycles. The van der Waals surface area contributed by atoms with E-state index in [1.807, 2.05) is 30.5 Å². The quantitative estimate of drug-likeness (QED) is 0.351. The average molecular weight is 484 g/mol. The second-order valence-electron chi connectivity index (χ2n) is 9.67. The van der Waals surface area contributed by atoms with Gasteiger partial charge in [-0.25, -0.2) is 4.98 Å². The lowest BCUT2D eigenvalue weighted by Gasteiger charge is -2.37. The number of hydrogen-bond donors (Lipinski definition) is 1. The molecule has 0 unspecified atom stereocenters. The molecular formula is C30H30ClN3O. The van der Waals surface area contributed by atoms with Crippen molar-refractivity contribution < 1.29 is 4.74 Å². The van der Waals surface area contributed by atoms with E-state index >= 15 is 0 Å². The fourth-order valence-corrected chi connectivity index (χ4v) is 5.63. The van der Waals surface area contributed by atoms with E-state index in [2.05, 4.69) is 57.3 Å². The van der Waals surface area contributed by atoms with Crippen molar-refractivity contribution >= 4 is 11.6 Å². The number of nitrogens with one attached hydrogen (secondary N) is 1. The van der Waals surface area contributed by atoms with Crippen molar-refractivity contribution in [2.75, 3.05) is 19.8 Å². The van der Waals surface area contributed by atoms with Crippen LogP contribution in [0.15, 0.2) is 72.9 Å². The minimum atomic E-state index is 0.661. The third-order valence-corrected chi connectivity index (χ3v) is 7.70. The zero-order valence-electron chi connectivity index (χ0n) is 19.8. The summed E-state index contributed by atoms with van der Waals surface area (Å²) in [6.45, 7) is 4.00. The summed E-state index contributed by atoms with van der Waals surface area (Å²) >= 11 is 6.60. The molecule has 5 heteroatoms. The van der Waals surface area contributed by atoms with Crippen LogP contribution < -0.4 is 0 Å². The number of benzene rings is 3. The van der Waals surface area contributed by atoms with Crippen molar-refractivity contribution in [1.82, 2.24) is 14.9 Å². The smallest absolute Gasteiger partial charge is 0.139 e. The van der Waals surface area contributed by atoms with Gasteiger partial charge < -0.3 is 9.72 Å². The number of nitrogens with zero attached hydrogens (tertiary/aromatic N) is 2. The number of halogens is 1. The Morgan fingerprint density at radius 2 is 1.74 bits per heavy atom. The molecule has 1 aromatic heterocycles. The molecule has 0 radical (unpaired) electrons. The molecule has 4 aromatic rings. The highest BCUT2D eigenvalue weighted by Crippen LogP contribution is 2.31. The molecule has 1 N–H and O–H groups in total. The maximum Gasteiger partial charge on any atom is 0.139 e. The number of aromatic nitrogens is 2. The topological polar surface area (TPSA) is 41.1 Å². The van der Waals surface area contributed by atoms with Crippen LogP contribution in [0.1, 0.15) is 35.1 Å². The van der Waals surface area contributed by atoms with E-state index in [-0.39, 0.29) is 0 Å². The minimum absolute atomic E-state index is 0.661. The van der Waals surface area contributed by atoms with Gasteiger partial charge in [-0.1, -0.05) is 66.2 Å². The monoisotopic (exact) mass is 483 g/mol. The molecule has 0 amide bonds. The standard InChI is InChI=1S/C30H30ClN3O/c31-28-9-7-22(18-27(28)30-32-19-29(33-30)24-4-2-1-3-5-24)16-21-6-8-23-10-13-34(20-25(23)17-21)26-11-14-35-15-12-26/h1-9,17-19,26H,10-16,20H2,(H,32,33). The van der Waals surface area contributed by atoms with Gasteiger partial charge in [0.1, 0.15) is 5.82 Å². The predicted molar refractivity (Wildman–Crippen MR) is 142 cm³/mol. The molecular weight excluding hydrogens is 454 g/mol. The highest BCUT2D eigenvalue weighted by Gasteiger charge is 2.25.